The van der Waals surface area contributed by atoms with Gasteiger partial charge >= 0.3 is 0 Å². The lowest BCUT2D eigenvalue weighted by Gasteiger charge is -2.38. The van der Waals surface area contributed by atoms with Gasteiger partial charge in [0.2, 0.25) is 11.8 Å². The molecule has 0 radical (unpaired) electrons. The molecule has 0 saturated carbocycles. The number of carbonyl (C=O) groups is 1. The summed E-state index contributed by atoms with van der Waals surface area (Å²) in [5, 5.41) is 4.04. The Labute approximate surface area is 164 Å². The van der Waals surface area contributed by atoms with Crippen LogP contribution in [-0.4, -0.2) is 78.4 Å². The molecule has 2 saturated heterocycles. The van der Waals surface area contributed by atoms with Crippen LogP contribution in [0.15, 0.2) is 28.8 Å². The average molecular weight is 386 g/mol. The van der Waals surface area contributed by atoms with Crippen LogP contribution in [0.2, 0.25) is 0 Å². The lowest BCUT2D eigenvalue weighted by atomic mass is 10.00. The largest absolute Gasteiger partial charge is 0.493 e. The lowest BCUT2D eigenvalue weighted by Crippen LogP contribution is -2.53. The maximum Gasteiger partial charge on any atom is 0.236 e. The van der Waals surface area contributed by atoms with E-state index in [9.17, 15) is 4.79 Å². The molecule has 4 rings (SSSR count). The summed E-state index contributed by atoms with van der Waals surface area (Å²) >= 11 is 0. The summed E-state index contributed by atoms with van der Waals surface area (Å²) in [6.07, 6.45) is 0.587. The van der Waals surface area contributed by atoms with Gasteiger partial charge in [-0.05, 0) is 24.6 Å². The van der Waals surface area contributed by atoms with E-state index in [4.69, 9.17) is 14.0 Å². The van der Waals surface area contributed by atoms with Crippen molar-refractivity contribution in [1.82, 2.24) is 19.9 Å². The van der Waals surface area contributed by atoms with E-state index in [-0.39, 0.29) is 11.8 Å². The molecule has 1 amide bonds. The number of nitrogens with zero attached hydrogens (tertiary/aromatic N) is 4. The van der Waals surface area contributed by atoms with E-state index in [0.29, 0.717) is 57.6 Å². The minimum absolute atomic E-state index is 0.132. The molecule has 8 heteroatoms. The highest BCUT2D eigenvalue weighted by Crippen LogP contribution is 2.26. The van der Waals surface area contributed by atoms with Crippen molar-refractivity contribution >= 4 is 5.91 Å². The second-order valence-corrected chi connectivity index (χ2v) is 7.35. The number of benzene rings is 1. The number of hydrogen-bond acceptors (Lipinski definition) is 7. The maximum atomic E-state index is 12.3. The first-order chi connectivity index (χ1) is 13.7. The van der Waals surface area contributed by atoms with E-state index in [2.05, 4.69) is 15.0 Å². The van der Waals surface area contributed by atoms with Crippen LogP contribution in [0.4, 0.5) is 0 Å². The average Bonchev–Trinajstić information content (AvgIpc) is 3.10. The zero-order valence-corrected chi connectivity index (χ0v) is 16.2. The van der Waals surface area contributed by atoms with Crippen LogP contribution in [0.3, 0.4) is 0 Å². The fraction of sp³-hybridized carbons (Fsp3) is 0.550. The molecule has 2 fully saturated rings. The summed E-state index contributed by atoms with van der Waals surface area (Å²) in [7, 11) is 0. The lowest BCUT2D eigenvalue weighted by molar-refractivity contribution is -0.138. The van der Waals surface area contributed by atoms with Crippen molar-refractivity contribution in [1.29, 1.82) is 0 Å². The van der Waals surface area contributed by atoms with Gasteiger partial charge in [0.05, 0.1) is 32.3 Å². The van der Waals surface area contributed by atoms with Crippen LogP contribution >= 0.6 is 0 Å². The SMILES string of the molecule is Cc1cccc(OCCc2noc(C3CN(C(=O)CN4CCOCC4)C3)n2)c1. The Hall–Kier alpha value is -2.45. The first kappa shape index (κ1) is 18.9. The molecule has 2 aromatic rings. The van der Waals surface area contributed by atoms with E-state index >= 15 is 0 Å². The topological polar surface area (TPSA) is 80.9 Å². The summed E-state index contributed by atoms with van der Waals surface area (Å²) in [5.74, 6) is 2.39. The third-order valence-corrected chi connectivity index (χ3v) is 5.11. The summed E-state index contributed by atoms with van der Waals surface area (Å²) in [6, 6.07) is 7.94. The smallest absolute Gasteiger partial charge is 0.236 e. The first-order valence-corrected chi connectivity index (χ1v) is 9.77. The molecule has 0 spiro atoms. The van der Waals surface area contributed by atoms with Gasteiger partial charge < -0.3 is 18.9 Å². The second-order valence-electron chi connectivity index (χ2n) is 7.35. The molecule has 0 aliphatic carbocycles. The molecule has 2 aliphatic rings. The molecule has 8 nitrogen and oxygen atoms in total. The van der Waals surface area contributed by atoms with Crippen molar-refractivity contribution in [3.8, 4) is 5.75 Å². The van der Waals surface area contributed by atoms with Crippen molar-refractivity contribution in [3.63, 3.8) is 0 Å². The Bertz CT molecular complexity index is 797. The monoisotopic (exact) mass is 386 g/mol. The van der Waals surface area contributed by atoms with E-state index in [0.717, 1.165) is 24.4 Å². The van der Waals surface area contributed by atoms with Crippen molar-refractivity contribution < 1.29 is 18.8 Å². The molecule has 0 N–H and O–H groups in total. The van der Waals surface area contributed by atoms with Gasteiger partial charge in [0.1, 0.15) is 5.75 Å². The Morgan fingerprint density at radius 2 is 2.11 bits per heavy atom. The van der Waals surface area contributed by atoms with Crippen LogP contribution < -0.4 is 4.74 Å². The molecule has 1 aromatic carbocycles. The van der Waals surface area contributed by atoms with E-state index in [1.54, 1.807) is 0 Å². The van der Waals surface area contributed by atoms with Crippen molar-refractivity contribution in [3.05, 3.63) is 41.5 Å². The minimum Gasteiger partial charge on any atom is -0.493 e. The number of hydrogen-bond donors (Lipinski definition) is 0. The molecule has 0 atom stereocenters. The predicted molar refractivity (Wildman–Crippen MR) is 101 cm³/mol. The quantitative estimate of drug-likeness (QED) is 0.709. The van der Waals surface area contributed by atoms with Crippen LogP contribution in [0.5, 0.6) is 5.75 Å². The predicted octanol–water partition coefficient (Wildman–Crippen LogP) is 1.26. The van der Waals surface area contributed by atoms with Gasteiger partial charge in [-0.25, -0.2) is 0 Å². The Morgan fingerprint density at radius 1 is 1.29 bits per heavy atom. The van der Waals surface area contributed by atoms with Crippen LogP contribution in [0.25, 0.3) is 0 Å². The van der Waals surface area contributed by atoms with Gasteiger partial charge in [0.25, 0.3) is 0 Å². The van der Waals surface area contributed by atoms with Crippen molar-refractivity contribution in [2.75, 3.05) is 52.5 Å². The highest BCUT2D eigenvalue weighted by molar-refractivity contribution is 5.79. The number of aromatic nitrogens is 2. The molecule has 1 aromatic heterocycles. The highest BCUT2D eigenvalue weighted by atomic mass is 16.5. The Morgan fingerprint density at radius 3 is 2.89 bits per heavy atom. The van der Waals surface area contributed by atoms with Crippen molar-refractivity contribution in [2.24, 2.45) is 0 Å². The summed E-state index contributed by atoms with van der Waals surface area (Å²) in [4.78, 5) is 20.8. The normalized spacial score (nSPS) is 18.1. The molecule has 2 aliphatic heterocycles. The second kappa shape index (κ2) is 8.70. The molecular formula is C20H26N4O4. The molecule has 0 bridgehead atoms. The Kier molecular flexibility index (Phi) is 5.87. The fourth-order valence-electron chi connectivity index (χ4n) is 3.39. The van der Waals surface area contributed by atoms with Crippen LogP contribution in [0, 0.1) is 6.92 Å². The zero-order valence-electron chi connectivity index (χ0n) is 16.2. The van der Waals surface area contributed by atoms with Crippen molar-refractivity contribution in [2.45, 2.75) is 19.3 Å². The van der Waals surface area contributed by atoms with Crippen LogP contribution in [0.1, 0.15) is 23.2 Å². The molecule has 150 valence electrons. The van der Waals surface area contributed by atoms with Gasteiger partial charge in [0.15, 0.2) is 5.82 Å². The molecular weight excluding hydrogens is 360 g/mol. The number of likely N-dealkylation sites (tertiary alicyclic amines) is 1. The zero-order chi connectivity index (χ0) is 19.3. The number of carbonyl (C=O) groups excluding carboxylic acids is 1. The summed E-state index contributed by atoms with van der Waals surface area (Å²) in [6.45, 7) is 7.32. The van der Waals surface area contributed by atoms with E-state index < -0.39 is 0 Å². The summed E-state index contributed by atoms with van der Waals surface area (Å²) < 4.78 is 16.4. The highest BCUT2D eigenvalue weighted by Gasteiger charge is 2.36. The van der Waals surface area contributed by atoms with E-state index in [1.165, 1.54) is 0 Å². The number of morpholine rings is 1. The maximum absolute atomic E-state index is 12.3. The molecule has 3 heterocycles. The molecule has 28 heavy (non-hydrogen) atoms. The van der Waals surface area contributed by atoms with Gasteiger partial charge in [-0.15, -0.1) is 0 Å². The first-order valence-electron chi connectivity index (χ1n) is 9.77. The Balaban J connectivity index is 1.19. The fourth-order valence-corrected chi connectivity index (χ4v) is 3.39. The molecule has 0 unspecified atom stereocenters. The minimum atomic E-state index is 0.132. The third kappa shape index (κ3) is 4.69. The number of amides is 1. The van der Waals surface area contributed by atoms with Gasteiger partial charge in [-0.1, -0.05) is 17.3 Å². The van der Waals surface area contributed by atoms with Gasteiger partial charge in [-0.3, -0.25) is 9.69 Å². The number of ether oxygens (including phenoxy) is 2. The van der Waals surface area contributed by atoms with Gasteiger partial charge in [-0.2, -0.15) is 4.98 Å². The third-order valence-electron chi connectivity index (χ3n) is 5.11. The standard InChI is InChI=1S/C20H26N4O4/c1-15-3-2-4-17(11-15)27-8-5-18-21-20(28-22-18)16-12-24(13-16)19(25)14-23-6-9-26-10-7-23/h2-4,11,16H,5-10,12-14H2,1H3. The number of aryl methyl sites for hydroxylation is 1. The van der Waals surface area contributed by atoms with Gasteiger partial charge in [0, 0.05) is 32.6 Å². The summed E-state index contributed by atoms with van der Waals surface area (Å²) in [5.41, 5.74) is 1.16. The number of rotatable bonds is 7. The van der Waals surface area contributed by atoms with Crippen LogP contribution in [-0.2, 0) is 16.0 Å². The van der Waals surface area contributed by atoms with E-state index in [1.807, 2.05) is 36.1 Å².